The van der Waals surface area contributed by atoms with Crippen LogP contribution in [0.5, 0.6) is 0 Å². The Morgan fingerprint density at radius 3 is 3.15 bits per heavy atom. The van der Waals surface area contributed by atoms with E-state index in [4.69, 9.17) is 10.8 Å². The van der Waals surface area contributed by atoms with E-state index in [2.05, 4.69) is 46.2 Å². The van der Waals surface area contributed by atoms with Crippen LogP contribution in [0.1, 0.15) is 17.0 Å². The van der Waals surface area contributed by atoms with Crippen LogP contribution in [0.25, 0.3) is 10.9 Å². The summed E-state index contributed by atoms with van der Waals surface area (Å²) in [6.07, 6.45) is 7.81. The molecular formula is C15H13N3OS. The molecule has 0 amide bonds. The van der Waals surface area contributed by atoms with E-state index < -0.39 is 0 Å². The van der Waals surface area contributed by atoms with Crippen LogP contribution in [0.3, 0.4) is 0 Å². The maximum atomic E-state index is 5.57. The molecular weight excluding hydrogens is 270 g/mol. The van der Waals surface area contributed by atoms with Gasteiger partial charge in [-0.15, -0.1) is 16.6 Å². The molecule has 0 fully saturated rings. The predicted molar refractivity (Wildman–Crippen MR) is 79.7 cm³/mol. The number of aromatic nitrogens is 3. The molecule has 1 aromatic carbocycles. The second-order valence-corrected chi connectivity index (χ2v) is 5.42. The number of rotatable bonds is 4. The highest BCUT2D eigenvalue weighted by molar-refractivity contribution is 7.99. The molecule has 5 heteroatoms. The highest BCUT2D eigenvalue weighted by Gasteiger charge is 2.10. The summed E-state index contributed by atoms with van der Waals surface area (Å²) >= 11 is 1.38. The summed E-state index contributed by atoms with van der Waals surface area (Å²) < 4.78 is 5.57. The molecule has 0 unspecified atom stereocenters. The second kappa shape index (κ2) is 5.43. The zero-order valence-electron chi connectivity index (χ0n) is 11.0. The van der Waals surface area contributed by atoms with Crippen molar-refractivity contribution in [1.29, 1.82) is 0 Å². The molecule has 0 aliphatic carbocycles. The number of hydrogen-bond donors (Lipinski definition) is 1. The van der Waals surface area contributed by atoms with Gasteiger partial charge in [-0.05, 0) is 24.6 Å². The standard InChI is InChI=1S/C15H13N3OS/c1-3-6-20-15-18-17-14(19-15)8-11-9-16-13-5-4-10(2)7-12(11)13/h1,4-5,7,9,16H,6,8H2,2H3. The van der Waals surface area contributed by atoms with E-state index >= 15 is 0 Å². The minimum Gasteiger partial charge on any atom is -0.416 e. The van der Waals surface area contributed by atoms with E-state index in [1.807, 2.05) is 6.20 Å². The van der Waals surface area contributed by atoms with Gasteiger partial charge in [-0.3, -0.25) is 0 Å². The third-order valence-corrected chi connectivity index (χ3v) is 3.71. The maximum Gasteiger partial charge on any atom is 0.277 e. The Bertz CT molecular complexity index is 782. The van der Waals surface area contributed by atoms with Crippen molar-refractivity contribution in [3.05, 3.63) is 41.4 Å². The fourth-order valence-electron chi connectivity index (χ4n) is 2.07. The Labute approximate surface area is 121 Å². The van der Waals surface area contributed by atoms with Gasteiger partial charge in [0.15, 0.2) is 0 Å². The predicted octanol–water partition coefficient (Wildman–Crippen LogP) is 3.18. The lowest BCUT2D eigenvalue weighted by Crippen LogP contribution is -1.87. The van der Waals surface area contributed by atoms with Gasteiger partial charge in [0, 0.05) is 17.1 Å². The van der Waals surface area contributed by atoms with Crippen molar-refractivity contribution >= 4 is 22.7 Å². The lowest BCUT2D eigenvalue weighted by Gasteiger charge is -1.97. The molecule has 4 nitrogen and oxygen atoms in total. The first-order valence-electron chi connectivity index (χ1n) is 6.21. The Morgan fingerprint density at radius 1 is 1.40 bits per heavy atom. The van der Waals surface area contributed by atoms with Crippen molar-refractivity contribution in [2.24, 2.45) is 0 Å². The maximum absolute atomic E-state index is 5.57. The summed E-state index contributed by atoms with van der Waals surface area (Å²) in [6, 6.07) is 6.32. The number of terminal acetylenes is 1. The van der Waals surface area contributed by atoms with Crippen LogP contribution < -0.4 is 0 Å². The second-order valence-electron chi connectivity index (χ2n) is 4.49. The van der Waals surface area contributed by atoms with Gasteiger partial charge >= 0.3 is 0 Å². The highest BCUT2D eigenvalue weighted by Crippen LogP contribution is 2.23. The number of thioether (sulfide) groups is 1. The lowest BCUT2D eigenvalue weighted by atomic mass is 10.1. The number of nitrogens with zero attached hydrogens (tertiary/aromatic N) is 2. The number of hydrogen-bond acceptors (Lipinski definition) is 4. The smallest absolute Gasteiger partial charge is 0.277 e. The zero-order valence-corrected chi connectivity index (χ0v) is 11.8. The van der Waals surface area contributed by atoms with Crippen molar-refractivity contribution in [1.82, 2.24) is 15.2 Å². The van der Waals surface area contributed by atoms with E-state index in [0.717, 1.165) is 11.1 Å². The molecule has 0 saturated heterocycles. The number of aromatic amines is 1. The first-order valence-corrected chi connectivity index (χ1v) is 7.20. The Hall–Kier alpha value is -2.19. The topological polar surface area (TPSA) is 54.7 Å². The van der Waals surface area contributed by atoms with E-state index in [-0.39, 0.29) is 0 Å². The van der Waals surface area contributed by atoms with Gasteiger partial charge in [-0.2, -0.15) is 0 Å². The van der Waals surface area contributed by atoms with Crippen molar-refractivity contribution in [2.45, 2.75) is 18.6 Å². The number of fused-ring (bicyclic) bond motifs is 1. The Kier molecular flexibility index (Phi) is 3.48. The SMILES string of the molecule is C#CCSc1nnc(Cc2c[nH]c3ccc(C)cc23)o1. The molecule has 2 heterocycles. The summed E-state index contributed by atoms with van der Waals surface area (Å²) in [5, 5.41) is 9.74. The van der Waals surface area contributed by atoms with Gasteiger partial charge < -0.3 is 9.40 Å². The van der Waals surface area contributed by atoms with Crippen LogP contribution in [0.4, 0.5) is 0 Å². The largest absolute Gasteiger partial charge is 0.416 e. The van der Waals surface area contributed by atoms with Gasteiger partial charge in [0.1, 0.15) is 0 Å². The van der Waals surface area contributed by atoms with Crippen LogP contribution in [0.2, 0.25) is 0 Å². The number of H-pyrrole nitrogens is 1. The van der Waals surface area contributed by atoms with Crippen molar-refractivity contribution < 1.29 is 4.42 Å². The Balaban J connectivity index is 1.84. The molecule has 3 aromatic rings. The number of nitrogens with one attached hydrogen (secondary N) is 1. The van der Waals surface area contributed by atoms with Crippen LogP contribution in [0.15, 0.2) is 34.0 Å². The van der Waals surface area contributed by atoms with Crippen LogP contribution in [-0.2, 0) is 6.42 Å². The monoisotopic (exact) mass is 283 g/mol. The van der Waals surface area contributed by atoms with Crippen LogP contribution in [0, 0.1) is 19.3 Å². The summed E-state index contributed by atoms with van der Waals surface area (Å²) in [4.78, 5) is 3.26. The van der Waals surface area contributed by atoms with Crippen molar-refractivity contribution in [3.8, 4) is 12.3 Å². The average molecular weight is 283 g/mol. The number of benzene rings is 1. The molecule has 20 heavy (non-hydrogen) atoms. The molecule has 1 N–H and O–H groups in total. The van der Waals surface area contributed by atoms with E-state index in [9.17, 15) is 0 Å². The normalized spacial score (nSPS) is 10.8. The van der Waals surface area contributed by atoms with Gasteiger partial charge in [0.2, 0.25) is 5.89 Å². The molecule has 0 atom stereocenters. The zero-order chi connectivity index (χ0) is 13.9. The first kappa shape index (κ1) is 12.8. The quantitative estimate of drug-likeness (QED) is 0.590. The minimum absolute atomic E-state index is 0.522. The fraction of sp³-hybridized carbons (Fsp3) is 0.200. The molecule has 0 aliphatic heterocycles. The third kappa shape index (κ3) is 2.56. The summed E-state index contributed by atoms with van der Waals surface area (Å²) in [5.41, 5.74) is 3.50. The lowest BCUT2D eigenvalue weighted by molar-refractivity contribution is 0.421. The van der Waals surface area contributed by atoms with Gasteiger partial charge in [0.25, 0.3) is 5.22 Å². The first-order chi connectivity index (χ1) is 9.76. The Morgan fingerprint density at radius 2 is 2.30 bits per heavy atom. The molecule has 0 saturated carbocycles. The average Bonchev–Trinajstić information content (AvgIpc) is 3.05. The van der Waals surface area contributed by atoms with E-state index in [0.29, 0.717) is 23.3 Å². The molecule has 3 rings (SSSR count). The molecule has 0 bridgehead atoms. The third-order valence-electron chi connectivity index (χ3n) is 2.99. The molecule has 0 spiro atoms. The summed E-state index contributed by atoms with van der Waals surface area (Å²) in [6.45, 7) is 2.08. The van der Waals surface area contributed by atoms with Crippen molar-refractivity contribution in [2.75, 3.05) is 5.75 Å². The number of aryl methyl sites for hydroxylation is 1. The summed E-state index contributed by atoms with van der Waals surface area (Å²) in [7, 11) is 0. The molecule has 100 valence electrons. The summed E-state index contributed by atoms with van der Waals surface area (Å²) in [5.74, 6) is 3.67. The fourth-order valence-corrected chi connectivity index (χ4v) is 2.53. The highest BCUT2D eigenvalue weighted by atomic mass is 32.2. The van der Waals surface area contributed by atoms with E-state index in [1.54, 1.807) is 0 Å². The van der Waals surface area contributed by atoms with Crippen molar-refractivity contribution in [3.63, 3.8) is 0 Å². The van der Waals surface area contributed by atoms with Crippen LogP contribution in [-0.4, -0.2) is 20.9 Å². The molecule has 0 radical (unpaired) electrons. The van der Waals surface area contributed by atoms with Gasteiger partial charge in [-0.1, -0.05) is 29.3 Å². The minimum atomic E-state index is 0.522. The van der Waals surface area contributed by atoms with Gasteiger partial charge in [0.05, 0.1) is 12.2 Å². The molecule has 0 aliphatic rings. The van der Waals surface area contributed by atoms with E-state index in [1.165, 1.54) is 22.7 Å². The molecule has 2 aromatic heterocycles. The van der Waals surface area contributed by atoms with Crippen LogP contribution >= 0.6 is 11.8 Å². The van der Waals surface area contributed by atoms with Gasteiger partial charge in [-0.25, -0.2) is 0 Å².